The van der Waals surface area contributed by atoms with Crippen LogP contribution in [0.5, 0.6) is 0 Å². The van der Waals surface area contributed by atoms with E-state index in [-0.39, 0.29) is 19.1 Å². The van der Waals surface area contributed by atoms with Gasteiger partial charge in [-0.2, -0.15) is 0 Å². The van der Waals surface area contributed by atoms with Crippen molar-refractivity contribution in [3.8, 4) is 0 Å². The van der Waals surface area contributed by atoms with Gasteiger partial charge in [0.15, 0.2) is 0 Å². The van der Waals surface area contributed by atoms with E-state index in [9.17, 15) is 19.4 Å². The molecule has 2 N–H and O–H groups in total. The molecule has 0 saturated carbocycles. The number of aliphatic hydroxyl groups excluding tert-OH is 1. The van der Waals surface area contributed by atoms with Crippen LogP contribution < -0.4 is 10.2 Å². The van der Waals surface area contributed by atoms with Gasteiger partial charge >= 0.3 is 0 Å². The number of aliphatic hydroxyl groups is 1. The molecule has 1 amide bonds. The average molecular weight is 869 g/mol. The number of nitrogens with zero attached hydrogens (tertiary/aromatic N) is 1. The van der Waals surface area contributed by atoms with Gasteiger partial charge < -0.3 is 28.8 Å². The zero-order valence-electron chi connectivity index (χ0n) is 40.4. The van der Waals surface area contributed by atoms with E-state index in [1.54, 1.807) is 6.08 Å². The molecular formula is C51H101N2O6P. The molecule has 0 aliphatic carbocycles. The summed E-state index contributed by atoms with van der Waals surface area (Å²) in [5.41, 5.74) is 0. The standard InChI is InChI=1S/C51H101N2O6P/c1-6-8-10-12-14-16-18-20-21-22-23-24-25-26-27-28-29-30-31-32-33-35-37-39-41-43-45-51(55)52-49(48-59-60(56,57)58-47-46-53(3,4)5)50(54)44-42-40-38-36-34-19-17-15-13-11-9-7-2/h26-27,42,44,49-50,54H,6-25,28-41,43,45-48H2,1-5H3,(H-,52,55,56,57)/b27-26-,44-42+. The Hall–Kier alpha value is -1.02. The third-order valence-electron chi connectivity index (χ3n) is 11.7. The summed E-state index contributed by atoms with van der Waals surface area (Å²) >= 11 is 0. The second-order valence-corrected chi connectivity index (χ2v) is 20.3. The number of carbonyl (C=O) groups is 1. The minimum atomic E-state index is -4.59. The van der Waals surface area contributed by atoms with Gasteiger partial charge in [0.05, 0.1) is 39.9 Å². The van der Waals surface area contributed by atoms with Crippen molar-refractivity contribution < 1.29 is 32.9 Å². The quantitative estimate of drug-likeness (QED) is 0.0273. The van der Waals surface area contributed by atoms with E-state index in [1.807, 2.05) is 27.2 Å². The van der Waals surface area contributed by atoms with E-state index in [0.717, 1.165) is 38.5 Å². The summed E-state index contributed by atoms with van der Waals surface area (Å²) in [5.74, 6) is -0.198. The Labute approximate surface area is 373 Å². The number of phosphoric ester groups is 1. The Morgan fingerprint density at radius 2 is 0.917 bits per heavy atom. The molecule has 0 bridgehead atoms. The predicted octanol–water partition coefficient (Wildman–Crippen LogP) is 14.2. The van der Waals surface area contributed by atoms with Crippen molar-refractivity contribution in [1.82, 2.24) is 5.32 Å². The largest absolute Gasteiger partial charge is 0.756 e. The molecule has 3 atom stereocenters. The first-order chi connectivity index (χ1) is 29.0. The van der Waals surface area contributed by atoms with E-state index < -0.39 is 20.0 Å². The van der Waals surface area contributed by atoms with Gasteiger partial charge in [-0.1, -0.05) is 218 Å². The van der Waals surface area contributed by atoms with Crippen molar-refractivity contribution in [3.63, 3.8) is 0 Å². The van der Waals surface area contributed by atoms with E-state index in [2.05, 4.69) is 31.3 Å². The van der Waals surface area contributed by atoms with Gasteiger partial charge in [-0.05, 0) is 44.9 Å². The minimum Gasteiger partial charge on any atom is -0.756 e. The average Bonchev–Trinajstić information content (AvgIpc) is 3.20. The van der Waals surface area contributed by atoms with Gasteiger partial charge in [0.25, 0.3) is 7.82 Å². The highest BCUT2D eigenvalue weighted by atomic mass is 31.2. The third kappa shape index (κ3) is 45.0. The minimum absolute atomic E-state index is 0.0000436. The molecule has 0 aromatic carbocycles. The molecule has 0 spiro atoms. The molecule has 0 radical (unpaired) electrons. The maximum absolute atomic E-state index is 12.9. The van der Waals surface area contributed by atoms with Crippen LogP contribution in [-0.4, -0.2) is 68.5 Å². The number of allylic oxidation sites excluding steroid dienone is 3. The van der Waals surface area contributed by atoms with Gasteiger partial charge in [-0.3, -0.25) is 9.36 Å². The fraction of sp³-hybridized carbons (Fsp3) is 0.902. The fourth-order valence-corrected chi connectivity index (χ4v) is 8.28. The summed E-state index contributed by atoms with van der Waals surface area (Å²) in [6, 6.07) is -0.884. The summed E-state index contributed by atoms with van der Waals surface area (Å²) in [4.78, 5) is 25.4. The second-order valence-electron chi connectivity index (χ2n) is 18.9. The van der Waals surface area contributed by atoms with Crippen LogP contribution >= 0.6 is 7.82 Å². The molecule has 0 fully saturated rings. The van der Waals surface area contributed by atoms with E-state index in [1.165, 1.54) is 186 Å². The van der Waals surface area contributed by atoms with Crippen molar-refractivity contribution in [3.05, 3.63) is 24.3 Å². The van der Waals surface area contributed by atoms with E-state index >= 15 is 0 Å². The lowest BCUT2D eigenvalue weighted by Gasteiger charge is -2.29. The van der Waals surface area contributed by atoms with Gasteiger partial charge in [-0.15, -0.1) is 0 Å². The number of quaternary nitrogens is 1. The molecular weight excluding hydrogens is 768 g/mol. The van der Waals surface area contributed by atoms with Crippen molar-refractivity contribution in [2.45, 2.75) is 257 Å². The molecule has 8 nitrogen and oxygen atoms in total. The van der Waals surface area contributed by atoms with E-state index in [4.69, 9.17) is 9.05 Å². The van der Waals surface area contributed by atoms with E-state index in [0.29, 0.717) is 17.4 Å². The number of phosphoric acid groups is 1. The van der Waals surface area contributed by atoms with Crippen LogP contribution in [0.1, 0.15) is 245 Å². The number of hydrogen-bond acceptors (Lipinski definition) is 6. The predicted molar refractivity (Wildman–Crippen MR) is 256 cm³/mol. The zero-order chi connectivity index (χ0) is 44.3. The number of hydrogen-bond donors (Lipinski definition) is 2. The van der Waals surface area contributed by atoms with Crippen LogP contribution in [-0.2, 0) is 18.4 Å². The lowest BCUT2D eigenvalue weighted by molar-refractivity contribution is -0.870. The summed E-state index contributed by atoms with van der Waals surface area (Å²) in [6.45, 7) is 4.66. The monoisotopic (exact) mass is 869 g/mol. The van der Waals surface area contributed by atoms with Crippen molar-refractivity contribution >= 4 is 13.7 Å². The zero-order valence-corrected chi connectivity index (χ0v) is 41.3. The molecule has 356 valence electrons. The number of rotatable bonds is 47. The molecule has 0 aliphatic heterocycles. The fourth-order valence-electron chi connectivity index (χ4n) is 7.56. The van der Waals surface area contributed by atoms with Gasteiger partial charge in [0.1, 0.15) is 13.2 Å². The summed E-state index contributed by atoms with van der Waals surface area (Å²) in [7, 11) is 1.27. The van der Waals surface area contributed by atoms with Crippen LogP contribution in [0.3, 0.4) is 0 Å². The highest BCUT2D eigenvalue weighted by Gasteiger charge is 2.23. The number of amides is 1. The summed E-state index contributed by atoms with van der Waals surface area (Å²) < 4.78 is 23.2. The van der Waals surface area contributed by atoms with Crippen molar-refractivity contribution in [1.29, 1.82) is 0 Å². The van der Waals surface area contributed by atoms with Crippen LogP contribution in [0.4, 0.5) is 0 Å². The van der Waals surface area contributed by atoms with Crippen molar-refractivity contribution in [2.75, 3.05) is 40.9 Å². The maximum Gasteiger partial charge on any atom is 0.268 e. The Balaban J connectivity index is 4.15. The number of likely N-dealkylation sites (N-methyl/N-ethyl adjacent to an activating group) is 1. The highest BCUT2D eigenvalue weighted by Crippen LogP contribution is 2.38. The molecule has 0 rings (SSSR count). The van der Waals surface area contributed by atoms with Crippen LogP contribution in [0.25, 0.3) is 0 Å². The Morgan fingerprint density at radius 3 is 1.30 bits per heavy atom. The number of carbonyl (C=O) groups excluding carboxylic acids is 1. The third-order valence-corrected chi connectivity index (χ3v) is 12.6. The van der Waals surface area contributed by atoms with Crippen LogP contribution in [0, 0.1) is 0 Å². The van der Waals surface area contributed by atoms with Crippen molar-refractivity contribution in [2.24, 2.45) is 0 Å². The normalized spacial score (nSPS) is 14.3. The maximum atomic E-state index is 12.9. The molecule has 0 aromatic heterocycles. The Kier molecular flexibility index (Phi) is 42.5. The molecule has 60 heavy (non-hydrogen) atoms. The molecule has 0 heterocycles. The Bertz CT molecular complexity index is 1030. The highest BCUT2D eigenvalue weighted by molar-refractivity contribution is 7.45. The van der Waals surface area contributed by atoms with Gasteiger partial charge in [0, 0.05) is 6.42 Å². The lowest BCUT2D eigenvalue weighted by atomic mass is 10.0. The molecule has 9 heteroatoms. The Morgan fingerprint density at radius 1 is 0.567 bits per heavy atom. The van der Waals surface area contributed by atoms with Crippen LogP contribution in [0.15, 0.2) is 24.3 Å². The molecule has 0 aliphatic rings. The molecule has 3 unspecified atom stereocenters. The SMILES string of the molecule is CCCCCCCCCCCC/C=C/C(O)C(COP(=O)([O-])OCC[N+](C)(C)C)NC(=O)CCCCCCCCCCCC/C=C\CCCCCCCCCCCCCC. The van der Waals surface area contributed by atoms with Gasteiger partial charge in [-0.25, -0.2) is 0 Å². The summed E-state index contributed by atoms with van der Waals surface area (Å²) in [6.07, 6.45) is 52.4. The number of nitrogens with one attached hydrogen (secondary N) is 1. The van der Waals surface area contributed by atoms with Gasteiger partial charge in [0.2, 0.25) is 5.91 Å². The first-order valence-corrected chi connectivity index (χ1v) is 27.2. The molecule has 0 aromatic rings. The molecule has 0 saturated heterocycles. The summed E-state index contributed by atoms with van der Waals surface area (Å²) in [5, 5.41) is 13.8. The second kappa shape index (κ2) is 43.2. The smallest absolute Gasteiger partial charge is 0.268 e. The van der Waals surface area contributed by atoms with Crippen LogP contribution in [0.2, 0.25) is 0 Å². The topological polar surface area (TPSA) is 108 Å². The lowest BCUT2D eigenvalue weighted by Crippen LogP contribution is -2.45. The number of unbranched alkanes of at least 4 members (excludes halogenated alkanes) is 32. The first-order valence-electron chi connectivity index (χ1n) is 25.7. The first kappa shape index (κ1) is 59.0.